The van der Waals surface area contributed by atoms with Crippen molar-refractivity contribution in [2.45, 2.75) is 20.3 Å². The molecular weight excluding hydrogens is 302 g/mol. The van der Waals surface area contributed by atoms with Crippen LogP contribution in [0.1, 0.15) is 30.8 Å². The highest BCUT2D eigenvalue weighted by Gasteiger charge is 2.09. The topological polar surface area (TPSA) is 70.2 Å². The van der Waals surface area contributed by atoms with Crippen molar-refractivity contribution in [1.82, 2.24) is 10.2 Å². The highest BCUT2D eigenvalue weighted by Crippen LogP contribution is 2.16. The van der Waals surface area contributed by atoms with E-state index in [2.05, 4.69) is 34.7 Å². The Bertz CT molecular complexity index is 650. The smallest absolute Gasteiger partial charge is 0.276 e. The molecule has 2 rings (SSSR count). The van der Waals surface area contributed by atoms with Gasteiger partial charge >= 0.3 is 0 Å². The minimum Gasteiger partial charge on any atom is -0.378 e. The molecule has 0 spiro atoms. The first-order chi connectivity index (χ1) is 11.5. The number of rotatable bonds is 7. The van der Waals surface area contributed by atoms with Gasteiger partial charge in [-0.25, -0.2) is 0 Å². The van der Waals surface area contributed by atoms with Crippen LogP contribution in [0.2, 0.25) is 0 Å². The van der Waals surface area contributed by atoms with Gasteiger partial charge in [-0.15, -0.1) is 10.2 Å². The molecule has 0 fully saturated rings. The van der Waals surface area contributed by atoms with Gasteiger partial charge in [0.05, 0.1) is 0 Å². The molecular formula is C18H25N5O. The number of nitrogens with one attached hydrogen (secondary N) is 2. The number of hydrogen-bond acceptors (Lipinski definition) is 5. The van der Waals surface area contributed by atoms with Crippen molar-refractivity contribution in [1.29, 1.82) is 0 Å². The summed E-state index contributed by atoms with van der Waals surface area (Å²) in [6.45, 7) is 5.19. The van der Waals surface area contributed by atoms with Crippen LogP contribution in [0, 0.1) is 5.92 Å². The number of benzene rings is 1. The van der Waals surface area contributed by atoms with Crippen molar-refractivity contribution in [3.8, 4) is 0 Å². The molecule has 6 heteroatoms. The van der Waals surface area contributed by atoms with Crippen molar-refractivity contribution in [3.05, 3.63) is 42.1 Å². The molecule has 0 saturated carbocycles. The molecule has 2 N–H and O–H groups in total. The number of hydrogen-bond donors (Lipinski definition) is 2. The Morgan fingerprint density at radius 3 is 2.33 bits per heavy atom. The first kappa shape index (κ1) is 17.7. The van der Waals surface area contributed by atoms with Gasteiger partial charge in [0, 0.05) is 32.0 Å². The van der Waals surface area contributed by atoms with Crippen LogP contribution < -0.4 is 15.5 Å². The van der Waals surface area contributed by atoms with Gasteiger partial charge in [0.1, 0.15) is 5.82 Å². The van der Waals surface area contributed by atoms with Crippen LogP contribution >= 0.6 is 0 Å². The summed E-state index contributed by atoms with van der Waals surface area (Å²) in [6.07, 6.45) is 1.06. The number of aromatic nitrogens is 2. The SMILES string of the molecule is CC(C)CCNc1ccc(C(=O)Nc2ccc(N(C)C)cc2)nn1. The molecule has 6 nitrogen and oxygen atoms in total. The lowest BCUT2D eigenvalue weighted by molar-refractivity contribution is 0.102. The van der Waals surface area contributed by atoms with E-state index >= 15 is 0 Å². The Morgan fingerprint density at radius 1 is 1.08 bits per heavy atom. The molecule has 0 radical (unpaired) electrons. The molecule has 1 amide bonds. The van der Waals surface area contributed by atoms with Crippen LogP contribution in [-0.4, -0.2) is 36.7 Å². The van der Waals surface area contributed by atoms with Gasteiger partial charge in [-0.2, -0.15) is 0 Å². The van der Waals surface area contributed by atoms with Crippen LogP contribution in [0.15, 0.2) is 36.4 Å². The molecule has 0 atom stereocenters. The van der Waals surface area contributed by atoms with Gasteiger partial charge in [-0.05, 0) is 48.7 Å². The van der Waals surface area contributed by atoms with Gasteiger partial charge < -0.3 is 15.5 Å². The highest BCUT2D eigenvalue weighted by molar-refractivity contribution is 6.02. The maximum absolute atomic E-state index is 12.2. The Labute approximate surface area is 143 Å². The second-order valence-electron chi connectivity index (χ2n) is 6.31. The predicted octanol–water partition coefficient (Wildman–Crippen LogP) is 3.25. The predicted molar refractivity (Wildman–Crippen MR) is 98.7 cm³/mol. The van der Waals surface area contributed by atoms with E-state index in [-0.39, 0.29) is 5.91 Å². The van der Waals surface area contributed by atoms with Crippen molar-refractivity contribution in [2.24, 2.45) is 5.92 Å². The molecule has 0 bridgehead atoms. The molecule has 24 heavy (non-hydrogen) atoms. The summed E-state index contributed by atoms with van der Waals surface area (Å²) in [5.74, 6) is 1.05. The van der Waals surface area contributed by atoms with Gasteiger partial charge in [-0.3, -0.25) is 4.79 Å². The number of carbonyl (C=O) groups excluding carboxylic acids is 1. The third-order valence-corrected chi connectivity index (χ3v) is 3.57. The van der Waals surface area contributed by atoms with Crippen molar-refractivity contribution < 1.29 is 4.79 Å². The van der Waals surface area contributed by atoms with Crippen molar-refractivity contribution in [2.75, 3.05) is 36.2 Å². The fourth-order valence-electron chi connectivity index (χ4n) is 2.07. The summed E-state index contributed by atoms with van der Waals surface area (Å²) < 4.78 is 0. The Balaban J connectivity index is 1.92. The summed E-state index contributed by atoms with van der Waals surface area (Å²) >= 11 is 0. The summed E-state index contributed by atoms with van der Waals surface area (Å²) in [5.41, 5.74) is 2.09. The average molecular weight is 327 g/mol. The van der Waals surface area contributed by atoms with E-state index in [1.165, 1.54) is 0 Å². The molecule has 1 heterocycles. The van der Waals surface area contributed by atoms with Gasteiger partial charge in [-0.1, -0.05) is 13.8 Å². The van der Waals surface area contributed by atoms with Crippen LogP contribution in [-0.2, 0) is 0 Å². The zero-order valence-electron chi connectivity index (χ0n) is 14.7. The van der Waals surface area contributed by atoms with Crippen LogP contribution in [0.3, 0.4) is 0 Å². The quantitative estimate of drug-likeness (QED) is 0.817. The maximum Gasteiger partial charge on any atom is 0.276 e. The van der Waals surface area contributed by atoms with Crippen LogP contribution in [0.4, 0.5) is 17.2 Å². The minimum absolute atomic E-state index is 0.270. The standard InChI is InChI=1S/C18H25N5O/c1-13(2)11-12-19-17-10-9-16(21-22-17)18(24)20-14-5-7-15(8-6-14)23(3)4/h5-10,13H,11-12H2,1-4H3,(H,19,22)(H,20,24). The molecule has 0 unspecified atom stereocenters. The Kier molecular flexibility index (Phi) is 6.12. The second kappa shape index (κ2) is 8.29. The third kappa shape index (κ3) is 5.22. The monoisotopic (exact) mass is 327 g/mol. The average Bonchev–Trinajstić information content (AvgIpc) is 2.55. The van der Waals surface area contributed by atoms with Crippen molar-refractivity contribution in [3.63, 3.8) is 0 Å². The molecule has 128 valence electrons. The van der Waals surface area contributed by atoms with E-state index in [0.717, 1.165) is 24.3 Å². The van der Waals surface area contributed by atoms with Crippen molar-refractivity contribution >= 4 is 23.1 Å². The number of nitrogens with zero attached hydrogens (tertiary/aromatic N) is 3. The highest BCUT2D eigenvalue weighted by atomic mass is 16.1. The van der Waals surface area contributed by atoms with E-state index < -0.39 is 0 Å². The summed E-state index contributed by atoms with van der Waals surface area (Å²) in [5, 5.41) is 14.1. The lowest BCUT2D eigenvalue weighted by Gasteiger charge is -2.13. The van der Waals surface area contributed by atoms with Gasteiger partial charge in [0.25, 0.3) is 5.91 Å². The zero-order chi connectivity index (χ0) is 17.5. The van der Waals surface area contributed by atoms with Gasteiger partial charge in [0.15, 0.2) is 5.69 Å². The lowest BCUT2D eigenvalue weighted by atomic mass is 10.1. The Hall–Kier alpha value is -2.63. The van der Waals surface area contributed by atoms with E-state index in [4.69, 9.17) is 0 Å². The van der Waals surface area contributed by atoms with E-state index in [1.807, 2.05) is 43.3 Å². The molecule has 1 aromatic carbocycles. The molecule has 0 aliphatic carbocycles. The fourth-order valence-corrected chi connectivity index (χ4v) is 2.07. The number of anilines is 3. The fraction of sp³-hybridized carbons (Fsp3) is 0.389. The molecule has 2 aromatic rings. The first-order valence-corrected chi connectivity index (χ1v) is 8.12. The summed E-state index contributed by atoms with van der Waals surface area (Å²) in [6, 6.07) is 11.1. The lowest BCUT2D eigenvalue weighted by Crippen LogP contribution is -2.15. The number of carbonyl (C=O) groups is 1. The molecule has 1 aromatic heterocycles. The normalized spacial score (nSPS) is 10.5. The van der Waals surface area contributed by atoms with Crippen LogP contribution in [0.5, 0.6) is 0 Å². The van der Waals surface area contributed by atoms with E-state index in [1.54, 1.807) is 12.1 Å². The summed E-state index contributed by atoms with van der Waals surface area (Å²) in [7, 11) is 3.94. The largest absolute Gasteiger partial charge is 0.378 e. The molecule has 0 aliphatic heterocycles. The minimum atomic E-state index is -0.270. The molecule has 0 aliphatic rings. The van der Waals surface area contributed by atoms with Crippen LogP contribution in [0.25, 0.3) is 0 Å². The summed E-state index contributed by atoms with van der Waals surface area (Å²) in [4.78, 5) is 14.2. The molecule has 0 saturated heterocycles. The third-order valence-electron chi connectivity index (χ3n) is 3.57. The van der Waals surface area contributed by atoms with E-state index in [9.17, 15) is 4.79 Å². The second-order valence-corrected chi connectivity index (χ2v) is 6.31. The zero-order valence-corrected chi connectivity index (χ0v) is 14.7. The maximum atomic E-state index is 12.2. The van der Waals surface area contributed by atoms with Gasteiger partial charge in [0.2, 0.25) is 0 Å². The van der Waals surface area contributed by atoms with E-state index in [0.29, 0.717) is 17.4 Å². The first-order valence-electron chi connectivity index (χ1n) is 8.12. The Morgan fingerprint density at radius 2 is 1.79 bits per heavy atom. The number of amides is 1.